The largest absolute Gasteiger partial charge is 0.300 e. The van der Waals surface area contributed by atoms with Crippen LogP contribution < -0.4 is 0 Å². The molecule has 17 heavy (non-hydrogen) atoms. The van der Waals surface area contributed by atoms with Crippen LogP contribution >= 0.6 is 0 Å². The van der Waals surface area contributed by atoms with Crippen molar-refractivity contribution < 1.29 is 13.9 Å². The van der Waals surface area contributed by atoms with Crippen LogP contribution in [0.15, 0.2) is 29.2 Å². The van der Waals surface area contributed by atoms with Gasteiger partial charge in [0.1, 0.15) is 10.7 Å². The highest BCUT2D eigenvalue weighted by Crippen LogP contribution is 2.24. The Balaban J connectivity index is 3.04. The Morgan fingerprint density at radius 1 is 1.47 bits per heavy atom. The third-order valence-electron chi connectivity index (χ3n) is 2.22. The van der Waals surface area contributed by atoms with E-state index in [0.717, 1.165) is 0 Å². The summed E-state index contributed by atoms with van der Waals surface area (Å²) < 4.78 is 12.1. The van der Waals surface area contributed by atoms with Gasteiger partial charge in [-0.05, 0) is 13.0 Å². The number of para-hydroxylation sites is 1. The van der Waals surface area contributed by atoms with E-state index in [1.54, 1.807) is 13.0 Å². The number of nitrogens with zero attached hydrogens (tertiary/aromatic N) is 1. The van der Waals surface area contributed by atoms with Gasteiger partial charge in [-0.2, -0.15) is 0 Å². The van der Waals surface area contributed by atoms with E-state index in [1.165, 1.54) is 25.1 Å². The molecule has 0 radical (unpaired) electrons. The average Bonchev–Trinajstić information content (AvgIpc) is 2.27. The molecule has 0 N–H and O–H groups in total. The second-order valence-corrected chi connectivity index (χ2v) is 5.58. The fraction of sp³-hybridized carbons (Fsp3) is 0.364. The lowest BCUT2D eigenvalue weighted by Crippen LogP contribution is -2.15. The Hall–Kier alpha value is -1.56. The molecular weight excluding hydrogens is 242 g/mol. The first kappa shape index (κ1) is 13.5. The van der Waals surface area contributed by atoms with Crippen LogP contribution in [0.5, 0.6) is 0 Å². The van der Waals surface area contributed by atoms with Gasteiger partial charge in [0.2, 0.25) is 0 Å². The predicted octanol–water partition coefficient (Wildman–Crippen LogP) is 2.07. The predicted molar refractivity (Wildman–Crippen MR) is 64.3 cm³/mol. The Morgan fingerprint density at radius 2 is 2.06 bits per heavy atom. The molecule has 2 atom stereocenters. The molecule has 92 valence electrons. The molecule has 1 aromatic carbocycles. The van der Waals surface area contributed by atoms with E-state index in [1.807, 2.05) is 0 Å². The number of carbonyl (C=O) groups is 1. The molecule has 0 saturated heterocycles. The van der Waals surface area contributed by atoms with Gasteiger partial charge < -0.3 is 0 Å². The molecule has 0 amide bonds. The van der Waals surface area contributed by atoms with E-state index in [2.05, 4.69) is 0 Å². The number of ketones is 1. The van der Waals surface area contributed by atoms with Crippen LogP contribution in [0.3, 0.4) is 0 Å². The summed E-state index contributed by atoms with van der Waals surface area (Å²) in [5, 5.41) is 10.4. The summed E-state index contributed by atoms with van der Waals surface area (Å²) >= 11 is 0. The number of hydrogen-bond acceptors (Lipinski definition) is 4. The van der Waals surface area contributed by atoms with Crippen LogP contribution in [0.2, 0.25) is 0 Å². The summed E-state index contributed by atoms with van der Waals surface area (Å²) in [5.74, 6) is -0.0792. The number of benzene rings is 1. The van der Waals surface area contributed by atoms with Crippen molar-refractivity contribution in [2.24, 2.45) is 0 Å². The quantitative estimate of drug-likeness (QED) is 0.596. The molecule has 6 heteroatoms. The van der Waals surface area contributed by atoms with Gasteiger partial charge in [0.15, 0.2) is 0 Å². The maximum Gasteiger partial charge on any atom is 0.285 e. The van der Waals surface area contributed by atoms with Gasteiger partial charge in [-0.1, -0.05) is 19.1 Å². The number of Topliss-reactive ketones (excluding diaryl/α,β-unsaturated/α-hetero) is 1. The summed E-state index contributed by atoms with van der Waals surface area (Å²) in [6.45, 7) is 3.06. The van der Waals surface area contributed by atoms with E-state index >= 15 is 0 Å². The zero-order chi connectivity index (χ0) is 13.0. The topological polar surface area (TPSA) is 77.3 Å². The smallest absolute Gasteiger partial charge is 0.285 e. The summed E-state index contributed by atoms with van der Waals surface area (Å²) in [4.78, 5) is 21.3. The minimum absolute atomic E-state index is 0.0792. The van der Waals surface area contributed by atoms with E-state index in [4.69, 9.17) is 0 Å². The minimum Gasteiger partial charge on any atom is -0.300 e. The normalized spacial score (nSPS) is 14.0. The third-order valence-corrected chi connectivity index (χ3v) is 3.90. The van der Waals surface area contributed by atoms with Gasteiger partial charge in [-0.25, -0.2) is 0 Å². The van der Waals surface area contributed by atoms with Crippen LogP contribution in [0.4, 0.5) is 5.69 Å². The molecule has 0 aliphatic rings. The molecule has 1 aromatic rings. The number of nitro benzene ring substituents is 1. The first-order valence-electron chi connectivity index (χ1n) is 5.07. The summed E-state index contributed by atoms with van der Waals surface area (Å²) in [6, 6.07) is 5.90. The second kappa shape index (κ2) is 5.67. The van der Waals surface area contributed by atoms with E-state index in [9.17, 15) is 19.1 Å². The molecule has 0 spiro atoms. The SMILES string of the molecule is CC(=O)CC(C)S(=O)c1ccccc1[N+](=O)[O-]. The highest BCUT2D eigenvalue weighted by molar-refractivity contribution is 7.85. The molecule has 0 heterocycles. The van der Waals surface area contributed by atoms with Crippen molar-refractivity contribution in [3.05, 3.63) is 34.4 Å². The third kappa shape index (κ3) is 3.45. The molecule has 0 aliphatic carbocycles. The molecule has 0 saturated carbocycles. The van der Waals surface area contributed by atoms with Crippen molar-refractivity contribution in [2.75, 3.05) is 0 Å². The van der Waals surface area contributed by atoms with Crippen LogP contribution in [0.1, 0.15) is 20.3 Å². The van der Waals surface area contributed by atoms with Crippen LogP contribution in [-0.2, 0) is 15.6 Å². The maximum atomic E-state index is 12.1. The molecule has 0 aliphatic heterocycles. The number of rotatable bonds is 5. The van der Waals surface area contributed by atoms with Crippen molar-refractivity contribution in [3.63, 3.8) is 0 Å². The highest BCUT2D eigenvalue weighted by atomic mass is 32.2. The Kier molecular flexibility index (Phi) is 4.51. The fourth-order valence-corrected chi connectivity index (χ4v) is 2.86. The maximum absolute atomic E-state index is 12.1. The van der Waals surface area contributed by atoms with Gasteiger partial charge in [0, 0.05) is 17.7 Å². The molecule has 2 unspecified atom stereocenters. The second-order valence-electron chi connectivity index (χ2n) is 3.74. The van der Waals surface area contributed by atoms with Crippen LogP contribution in [0.25, 0.3) is 0 Å². The Morgan fingerprint density at radius 3 is 2.59 bits per heavy atom. The zero-order valence-electron chi connectivity index (χ0n) is 9.58. The summed E-state index contributed by atoms with van der Waals surface area (Å²) in [6.07, 6.45) is 0.151. The molecule has 0 fully saturated rings. The molecule has 1 rings (SSSR count). The van der Waals surface area contributed by atoms with Crippen molar-refractivity contribution in [1.29, 1.82) is 0 Å². The number of hydrogen-bond donors (Lipinski definition) is 0. The zero-order valence-corrected chi connectivity index (χ0v) is 10.4. The standard InChI is InChI=1S/C11H13NO4S/c1-8(13)7-9(2)17(16)11-6-4-3-5-10(11)12(14)15/h3-6,9H,7H2,1-2H3. The van der Waals surface area contributed by atoms with Crippen molar-refractivity contribution in [1.82, 2.24) is 0 Å². The van der Waals surface area contributed by atoms with Gasteiger partial charge in [-0.3, -0.25) is 19.1 Å². The van der Waals surface area contributed by atoms with E-state index in [0.29, 0.717) is 0 Å². The number of nitro groups is 1. The van der Waals surface area contributed by atoms with Gasteiger partial charge >= 0.3 is 0 Å². The lowest BCUT2D eigenvalue weighted by Gasteiger charge is -2.09. The minimum atomic E-state index is -1.54. The average molecular weight is 255 g/mol. The van der Waals surface area contributed by atoms with E-state index in [-0.39, 0.29) is 22.8 Å². The first-order chi connectivity index (χ1) is 7.93. The van der Waals surface area contributed by atoms with Crippen molar-refractivity contribution in [2.45, 2.75) is 30.4 Å². The van der Waals surface area contributed by atoms with E-state index < -0.39 is 21.0 Å². The lowest BCUT2D eigenvalue weighted by atomic mass is 10.2. The molecule has 0 bridgehead atoms. The molecule has 0 aromatic heterocycles. The van der Waals surface area contributed by atoms with Gasteiger partial charge in [0.05, 0.1) is 15.7 Å². The van der Waals surface area contributed by atoms with Gasteiger partial charge in [-0.15, -0.1) is 0 Å². The summed E-state index contributed by atoms with van der Waals surface area (Å²) in [7, 11) is -1.54. The van der Waals surface area contributed by atoms with Gasteiger partial charge in [0.25, 0.3) is 5.69 Å². The monoisotopic (exact) mass is 255 g/mol. The van der Waals surface area contributed by atoms with Crippen molar-refractivity contribution >= 4 is 22.3 Å². The Bertz CT molecular complexity index is 472. The molecule has 5 nitrogen and oxygen atoms in total. The molecular formula is C11H13NO4S. The van der Waals surface area contributed by atoms with Crippen molar-refractivity contribution in [3.8, 4) is 0 Å². The number of carbonyl (C=O) groups excluding carboxylic acids is 1. The highest BCUT2D eigenvalue weighted by Gasteiger charge is 2.23. The van der Waals surface area contributed by atoms with Crippen LogP contribution in [0, 0.1) is 10.1 Å². The lowest BCUT2D eigenvalue weighted by molar-refractivity contribution is -0.387. The van der Waals surface area contributed by atoms with Crippen LogP contribution in [-0.4, -0.2) is 20.2 Å². The summed E-state index contributed by atoms with van der Waals surface area (Å²) in [5.41, 5.74) is -0.166. The Labute approximate surface area is 101 Å². The fourth-order valence-electron chi connectivity index (χ4n) is 1.48. The first-order valence-corrected chi connectivity index (χ1v) is 6.28.